The lowest BCUT2D eigenvalue weighted by atomic mass is 9.94. The van der Waals surface area contributed by atoms with Crippen molar-refractivity contribution in [1.29, 1.82) is 0 Å². The summed E-state index contributed by atoms with van der Waals surface area (Å²) in [5.41, 5.74) is -1.01. The van der Waals surface area contributed by atoms with E-state index < -0.39 is 28.0 Å². The number of amides is 1. The molecule has 1 aromatic heterocycles. The van der Waals surface area contributed by atoms with Crippen LogP contribution in [-0.2, 0) is 25.7 Å². The fourth-order valence-electron chi connectivity index (χ4n) is 4.03. The maximum atomic E-state index is 13.1. The number of pyridine rings is 1. The van der Waals surface area contributed by atoms with Gasteiger partial charge in [-0.3, -0.25) is 4.79 Å². The third-order valence-electron chi connectivity index (χ3n) is 5.81. The number of alkyl halides is 3. The predicted molar refractivity (Wildman–Crippen MR) is 119 cm³/mol. The quantitative estimate of drug-likeness (QED) is 0.566. The van der Waals surface area contributed by atoms with Crippen molar-refractivity contribution in [3.8, 4) is 11.6 Å². The molecule has 0 spiro atoms. The van der Waals surface area contributed by atoms with Gasteiger partial charge >= 0.3 is 6.18 Å². The maximum absolute atomic E-state index is 13.1. The van der Waals surface area contributed by atoms with Gasteiger partial charge in [0.2, 0.25) is 21.8 Å². The summed E-state index contributed by atoms with van der Waals surface area (Å²) in [6, 6.07) is 6.09. The van der Waals surface area contributed by atoms with Crippen molar-refractivity contribution in [1.82, 2.24) is 14.6 Å². The number of hydrogen-bond donors (Lipinski definition) is 1. The Balaban J connectivity index is 1.42. The number of rotatable bonds is 6. The van der Waals surface area contributed by atoms with Gasteiger partial charge in [0.15, 0.2) is 0 Å². The molecular formula is C22H21ClF3N3O5S. The molecule has 2 aliphatic heterocycles. The highest BCUT2D eigenvalue weighted by Gasteiger charge is 2.42. The monoisotopic (exact) mass is 531 g/mol. The highest BCUT2D eigenvalue weighted by molar-refractivity contribution is 7.89. The Labute approximate surface area is 204 Å². The van der Waals surface area contributed by atoms with Crippen LogP contribution in [0.15, 0.2) is 54.1 Å². The minimum Gasteiger partial charge on any atom is -0.438 e. The lowest BCUT2D eigenvalue weighted by Gasteiger charge is -2.33. The van der Waals surface area contributed by atoms with Crippen LogP contribution in [0.5, 0.6) is 11.6 Å². The first-order valence-electron chi connectivity index (χ1n) is 10.6. The van der Waals surface area contributed by atoms with E-state index in [4.69, 9.17) is 21.1 Å². The number of nitrogens with one attached hydrogen (secondary N) is 1. The molecule has 35 heavy (non-hydrogen) atoms. The second-order valence-electron chi connectivity index (χ2n) is 8.11. The minimum absolute atomic E-state index is 0.0179. The molecule has 2 aromatic rings. The molecule has 0 radical (unpaired) electrons. The van der Waals surface area contributed by atoms with E-state index in [9.17, 15) is 26.4 Å². The van der Waals surface area contributed by atoms with Gasteiger partial charge in [-0.2, -0.15) is 17.5 Å². The topological polar surface area (TPSA) is 97.8 Å². The van der Waals surface area contributed by atoms with Gasteiger partial charge in [0, 0.05) is 19.3 Å². The third-order valence-corrected chi connectivity index (χ3v) is 7.96. The summed E-state index contributed by atoms with van der Waals surface area (Å²) in [5.74, 6) is -0.313. The molecule has 3 heterocycles. The number of aromatic nitrogens is 1. The number of carbonyl (C=O) groups excluding carboxylic acids is 1. The number of nitrogens with zero attached hydrogens (tertiary/aromatic N) is 2. The second kappa shape index (κ2) is 9.76. The van der Waals surface area contributed by atoms with Crippen molar-refractivity contribution in [2.45, 2.75) is 36.2 Å². The molecule has 188 valence electrons. The van der Waals surface area contributed by atoms with Crippen LogP contribution in [0.2, 0.25) is 5.02 Å². The zero-order chi connectivity index (χ0) is 25.4. The average molecular weight is 532 g/mol. The zero-order valence-electron chi connectivity index (χ0n) is 18.2. The van der Waals surface area contributed by atoms with E-state index >= 15 is 0 Å². The SMILES string of the molecule is C=CC(=O)NC1CC2CCN(S(=O)(=O)c3ccc(Oc4ncc(C(F)(F)F)cc4Cl)cc3)CC2O1. The van der Waals surface area contributed by atoms with E-state index in [-0.39, 0.29) is 46.0 Å². The van der Waals surface area contributed by atoms with Crippen LogP contribution < -0.4 is 10.1 Å². The molecule has 2 fully saturated rings. The Kier molecular flexibility index (Phi) is 7.09. The normalized spacial score (nSPS) is 22.9. The first kappa shape index (κ1) is 25.4. The Hall–Kier alpha value is -2.67. The average Bonchev–Trinajstić information content (AvgIpc) is 3.21. The van der Waals surface area contributed by atoms with Gasteiger partial charge in [-0.15, -0.1) is 0 Å². The lowest BCUT2D eigenvalue weighted by Crippen LogP contribution is -2.45. The van der Waals surface area contributed by atoms with E-state index in [1.165, 1.54) is 28.6 Å². The van der Waals surface area contributed by atoms with Crippen LogP contribution in [-0.4, -0.2) is 49.0 Å². The Morgan fingerprint density at radius 3 is 2.66 bits per heavy atom. The Morgan fingerprint density at radius 1 is 1.31 bits per heavy atom. The fourth-order valence-corrected chi connectivity index (χ4v) is 5.70. The van der Waals surface area contributed by atoms with Crippen molar-refractivity contribution in [2.24, 2.45) is 5.92 Å². The smallest absolute Gasteiger partial charge is 0.417 e. The first-order chi connectivity index (χ1) is 16.5. The fraction of sp³-hybridized carbons (Fsp3) is 0.364. The number of sulfonamides is 1. The van der Waals surface area contributed by atoms with E-state index in [1.54, 1.807) is 0 Å². The number of benzene rings is 1. The van der Waals surface area contributed by atoms with E-state index in [0.29, 0.717) is 31.6 Å². The number of ether oxygens (including phenoxy) is 2. The number of hydrogen-bond acceptors (Lipinski definition) is 6. The minimum atomic E-state index is -4.59. The molecule has 0 aliphatic carbocycles. The molecule has 2 aliphatic rings. The molecule has 1 N–H and O–H groups in total. The summed E-state index contributed by atoms with van der Waals surface area (Å²) < 4.78 is 77.2. The van der Waals surface area contributed by atoms with Gasteiger partial charge in [-0.25, -0.2) is 13.4 Å². The van der Waals surface area contributed by atoms with Gasteiger partial charge < -0.3 is 14.8 Å². The van der Waals surface area contributed by atoms with Crippen LogP contribution in [0.3, 0.4) is 0 Å². The van der Waals surface area contributed by atoms with Crippen LogP contribution >= 0.6 is 11.6 Å². The summed E-state index contributed by atoms with van der Waals surface area (Å²) in [7, 11) is -3.84. The predicted octanol–water partition coefficient (Wildman–Crippen LogP) is 3.97. The maximum Gasteiger partial charge on any atom is 0.417 e. The second-order valence-corrected chi connectivity index (χ2v) is 10.5. The van der Waals surface area contributed by atoms with Crippen LogP contribution in [0.25, 0.3) is 0 Å². The zero-order valence-corrected chi connectivity index (χ0v) is 19.7. The Bertz CT molecular complexity index is 1220. The number of carbonyl (C=O) groups is 1. The van der Waals surface area contributed by atoms with Gasteiger partial charge in [0.1, 0.15) is 17.0 Å². The molecule has 3 unspecified atom stereocenters. The number of piperidine rings is 1. The molecule has 13 heteroatoms. The first-order valence-corrected chi connectivity index (χ1v) is 12.4. The summed E-state index contributed by atoms with van der Waals surface area (Å²) in [5, 5.41) is 2.34. The third kappa shape index (κ3) is 5.61. The van der Waals surface area contributed by atoms with Crippen molar-refractivity contribution in [3.63, 3.8) is 0 Å². The molecule has 2 saturated heterocycles. The summed E-state index contributed by atoms with van der Waals surface area (Å²) in [6.07, 6.45) is -2.48. The Morgan fingerprint density at radius 2 is 2.03 bits per heavy atom. The molecule has 0 bridgehead atoms. The van der Waals surface area contributed by atoms with Gasteiger partial charge in [0.05, 0.1) is 16.6 Å². The molecule has 4 rings (SSSR count). The lowest BCUT2D eigenvalue weighted by molar-refractivity contribution is -0.137. The molecule has 1 aromatic carbocycles. The van der Waals surface area contributed by atoms with Crippen LogP contribution in [0.4, 0.5) is 13.2 Å². The molecule has 8 nitrogen and oxygen atoms in total. The number of halogens is 4. The number of fused-ring (bicyclic) bond motifs is 1. The molecule has 3 atom stereocenters. The highest BCUT2D eigenvalue weighted by atomic mass is 35.5. The van der Waals surface area contributed by atoms with E-state index in [0.717, 1.165) is 6.08 Å². The highest BCUT2D eigenvalue weighted by Crippen LogP contribution is 2.36. The van der Waals surface area contributed by atoms with E-state index in [1.807, 2.05) is 0 Å². The van der Waals surface area contributed by atoms with Crippen molar-refractivity contribution in [2.75, 3.05) is 13.1 Å². The van der Waals surface area contributed by atoms with Gasteiger partial charge in [-0.1, -0.05) is 18.2 Å². The van der Waals surface area contributed by atoms with Crippen molar-refractivity contribution in [3.05, 3.63) is 59.8 Å². The van der Waals surface area contributed by atoms with Crippen molar-refractivity contribution < 1.29 is 35.9 Å². The largest absolute Gasteiger partial charge is 0.438 e. The van der Waals surface area contributed by atoms with E-state index in [2.05, 4.69) is 16.9 Å². The molecule has 0 saturated carbocycles. The van der Waals surface area contributed by atoms with Crippen LogP contribution in [0.1, 0.15) is 18.4 Å². The summed E-state index contributed by atoms with van der Waals surface area (Å²) >= 11 is 5.85. The summed E-state index contributed by atoms with van der Waals surface area (Å²) in [4.78, 5) is 15.1. The standard InChI is InChI=1S/C22H21ClF3N3O5S/c1-2-19(30)28-20-9-13-7-8-29(12-18(13)34-20)35(31,32)16-5-3-15(4-6-16)33-21-17(23)10-14(11-27-21)22(24,25)26/h2-6,10-11,13,18,20H,1,7-9,12H2,(H,28,30). The van der Waals surface area contributed by atoms with Crippen LogP contribution in [0, 0.1) is 5.92 Å². The molecule has 1 amide bonds. The molecular weight excluding hydrogens is 511 g/mol. The van der Waals surface area contributed by atoms with Crippen molar-refractivity contribution >= 4 is 27.5 Å². The van der Waals surface area contributed by atoms with Gasteiger partial charge in [0.25, 0.3) is 0 Å². The van der Waals surface area contributed by atoms with Gasteiger partial charge in [-0.05, 0) is 55.2 Å². The summed E-state index contributed by atoms with van der Waals surface area (Å²) in [6.45, 7) is 3.86.